The van der Waals surface area contributed by atoms with E-state index in [0.717, 1.165) is 22.3 Å². The van der Waals surface area contributed by atoms with E-state index in [1.807, 2.05) is 30.3 Å². The van der Waals surface area contributed by atoms with Gasteiger partial charge in [-0.15, -0.1) is 0 Å². The highest BCUT2D eigenvalue weighted by Crippen LogP contribution is 2.36. The van der Waals surface area contributed by atoms with Gasteiger partial charge in [0.25, 0.3) is 0 Å². The smallest absolute Gasteiger partial charge is 0.164 e. The summed E-state index contributed by atoms with van der Waals surface area (Å²) >= 11 is 0. The summed E-state index contributed by atoms with van der Waals surface area (Å²) in [5.74, 6) is 0.595. The van der Waals surface area contributed by atoms with Gasteiger partial charge < -0.3 is 0 Å². The van der Waals surface area contributed by atoms with Crippen molar-refractivity contribution in [2.24, 2.45) is 0 Å². The molecule has 1 heterocycles. The van der Waals surface area contributed by atoms with Crippen LogP contribution in [0.5, 0.6) is 0 Å². The minimum atomic E-state index is -0.343. The molecule has 5 heteroatoms. The molecular weight excluding hydrogens is 596 g/mol. The van der Waals surface area contributed by atoms with E-state index in [-0.39, 0.29) is 11.6 Å². The van der Waals surface area contributed by atoms with Gasteiger partial charge in [0.15, 0.2) is 17.5 Å². The van der Waals surface area contributed by atoms with Crippen LogP contribution in [0.2, 0.25) is 0 Å². The Balaban J connectivity index is 1.11. The van der Waals surface area contributed by atoms with Crippen LogP contribution in [0, 0.1) is 11.6 Å². The molecule has 0 aliphatic heterocycles. The molecule has 3 nitrogen and oxygen atoms in total. The van der Waals surface area contributed by atoms with Gasteiger partial charge in [-0.1, -0.05) is 115 Å². The summed E-state index contributed by atoms with van der Waals surface area (Å²) in [5.41, 5.74) is 9.02. The molecule has 0 bridgehead atoms. The lowest BCUT2D eigenvalue weighted by molar-refractivity contribution is 0.627. The number of hydrogen-bond donors (Lipinski definition) is 0. The van der Waals surface area contributed by atoms with Crippen molar-refractivity contribution in [3.63, 3.8) is 0 Å². The Kier molecular flexibility index (Phi) is 7.55. The maximum absolute atomic E-state index is 13.7. The second-order valence-electron chi connectivity index (χ2n) is 11.5. The minimum absolute atomic E-state index is 0.343. The number of hydrogen-bond acceptors (Lipinski definition) is 3. The van der Waals surface area contributed by atoms with Crippen LogP contribution < -0.4 is 0 Å². The first-order valence-electron chi connectivity index (χ1n) is 15.7. The first-order valence-corrected chi connectivity index (χ1v) is 15.7. The van der Waals surface area contributed by atoms with E-state index in [0.29, 0.717) is 28.6 Å². The van der Waals surface area contributed by atoms with Gasteiger partial charge in [0.2, 0.25) is 0 Å². The lowest BCUT2D eigenvalue weighted by Crippen LogP contribution is -2.00. The molecule has 0 radical (unpaired) electrons. The largest absolute Gasteiger partial charge is 0.208 e. The number of fused-ring (bicyclic) bond motifs is 1. The van der Waals surface area contributed by atoms with Crippen molar-refractivity contribution >= 4 is 10.8 Å². The molecule has 7 aromatic carbocycles. The third-order valence-electron chi connectivity index (χ3n) is 8.52. The molecule has 0 N–H and O–H groups in total. The maximum Gasteiger partial charge on any atom is 0.164 e. The first kappa shape index (κ1) is 29.1. The number of benzene rings is 7. The van der Waals surface area contributed by atoms with Gasteiger partial charge in [-0.05, 0) is 92.7 Å². The van der Waals surface area contributed by atoms with Crippen molar-refractivity contribution < 1.29 is 8.78 Å². The number of rotatable bonds is 6. The van der Waals surface area contributed by atoms with Crippen LogP contribution in [0.25, 0.3) is 78.3 Å². The van der Waals surface area contributed by atoms with Gasteiger partial charge in [-0.2, -0.15) is 0 Å². The fraction of sp³-hybridized carbons (Fsp3) is 0. The first-order chi connectivity index (χ1) is 23.6. The summed E-state index contributed by atoms with van der Waals surface area (Å²) in [6.45, 7) is 0. The SMILES string of the molecule is Fc1ccc(-c2nc(-c3ccc(F)cc3)nc(-c3ccc(-c4ccc(-c5ccc(-c6ccccc6)c6ccccc56)cc4)cc3)n2)cc1. The molecule has 1 aromatic heterocycles. The molecule has 0 spiro atoms. The lowest BCUT2D eigenvalue weighted by Gasteiger charge is -2.13. The lowest BCUT2D eigenvalue weighted by atomic mass is 9.91. The zero-order valence-corrected chi connectivity index (χ0v) is 25.7. The van der Waals surface area contributed by atoms with Crippen molar-refractivity contribution in [1.82, 2.24) is 15.0 Å². The second-order valence-corrected chi connectivity index (χ2v) is 11.5. The molecule has 0 aliphatic carbocycles. The molecular formula is C43H27F2N3. The van der Waals surface area contributed by atoms with Crippen molar-refractivity contribution in [1.29, 1.82) is 0 Å². The topological polar surface area (TPSA) is 38.7 Å². The third-order valence-corrected chi connectivity index (χ3v) is 8.52. The highest BCUT2D eigenvalue weighted by molar-refractivity contribution is 6.05. The Bertz CT molecular complexity index is 2310. The molecule has 0 unspecified atom stereocenters. The predicted molar refractivity (Wildman–Crippen MR) is 190 cm³/mol. The molecule has 0 saturated carbocycles. The Morgan fingerprint density at radius 3 is 1.00 bits per heavy atom. The van der Waals surface area contributed by atoms with E-state index >= 15 is 0 Å². The van der Waals surface area contributed by atoms with Gasteiger partial charge in [0.1, 0.15) is 11.6 Å². The van der Waals surface area contributed by atoms with Gasteiger partial charge in [-0.3, -0.25) is 0 Å². The number of aromatic nitrogens is 3. The molecule has 0 aliphatic rings. The maximum atomic E-state index is 13.7. The van der Waals surface area contributed by atoms with Gasteiger partial charge >= 0.3 is 0 Å². The molecule has 228 valence electrons. The van der Waals surface area contributed by atoms with E-state index < -0.39 is 0 Å². The standard InChI is InChI=1S/C43H27F2N3/c44-35-22-18-33(19-23-35)42-46-41(47-43(48-42)34-20-24-36(45)25-21-34)32-16-12-29(13-17-32)28-10-14-31(15-11-28)38-27-26-37(30-6-2-1-3-7-30)39-8-4-5-9-40(38)39/h1-27H. The summed E-state index contributed by atoms with van der Waals surface area (Å²) in [4.78, 5) is 14.1. The Morgan fingerprint density at radius 2 is 0.583 bits per heavy atom. The van der Waals surface area contributed by atoms with Gasteiger partial charge in [-0.25, -0.2) is 23.7 Å². The fourth-order valence-electron chi connectivity index (χ4n) is 6.04. The van der Waals surface area contributed by atoms with E-state index in [1.165, 1.54) is 51.7 Å². The summed E-state index contributed by atoms with van der Waals surface area (Å²) in [7, 11) is 0. The van der Waals surface area contributed by atoms with E-state index in [1.54, 1.807) is 24.3 Å². The van der Waals surface area contributed by atoms with Crippen molar-refractivity contribution in [2.75, 3.05) is 0 Å². The van der Waals surface area contributed by atoms with Crippen LogP contribution in [-0.4, -0.2) is 15.0 Å². The number of nitrogens with zero attached hydrogens (tertiary/aromatic N) is 3. The summed E-state index contributed by atoms with van der Waals surface area (Å²) in [6, 6.07) is 52.2. The molecule has 48 heavy (non-hydrogen) atoms. The number of halogens is 2. The quantitative estimate of drug-likeness (QED) is 0.185. The van der Waals surface area contributed by atoms with E-state index in [2.05, 4.69) is 89.9 Å². The van der Waals surface area contributed by atoms with Gasteiger partial charge in [0.05, 0.1) is 0 Å². The zero-order chi connectivity index (χ0) is 32.5. The molecule has 8 rings (SSSR count). The Morgan fingerprint density at radius 1 is 0.271 bits per heavy atom. The van der Waals surface area contributed by atoms with Crippen LogP contribution in [0.3, 0.4) is 0 Å². The molecule has 0 amide bonds. The van der Waals surface area contributed by atoms with Crippen LogP contribution in [0.1, 0.15) is 0 Å². The Labute approximate surface area is 276 Å². The molecule has 0 fully saturated rings. The van der Waals surface area contributed by atoms with Crippen LogP contribution in [0.15, 0.2) is 164 Å². The minimum Gasteiger partial charge on any atom is -0.208 e. The predicted octanol–water partition coefficient (Wildman–Crippen LogP) is 11.3. The average molecular weight is 624 g/mol. The summed E-state index contributed by atoms with van der Waals surface area (Å²) < 4.78 is 27.3. The zero-order valence-electron chi connectivity index (χ0n) is 25.7. The highest BCUT2D eigenvalue weighted by atomic mass is 19.1. The van der Waals surface area contributed by atoms with Crippen LogP contribution >= 0.6 is 0 Å². The summed E-state index contributed by atoms with van der Waals surface area (Å²) in [6.07, 6.45) is 0. The second kappa shape index (κ2) is 12.5. The normalized spacial score (nSPS) is 11.1. The third kappa shape index (κ3) is 5.74. The monoisotopic (exact) mass is 623 g/mol. The van der Waals surface area contributed by atoms with E-state index in [9.17, 15) is 8.78 Å². The van der Waals surface area contributed by atoms with Crippen molar-refractivity contribution in [2.45, 2.75) is 0 Å². The van der Waals surface area contributed by atoms with Gasteiger partial charge in [0, 0.05) is 16.7 Å². The van der Waals surface area contributed by atoms with Crippen LogP contribution in [-0.2, 0) is 0 Å². The highest BCUT2D eigenvalue weighted by Gasteiger charge is 2.14. The molecule has 0 saturated heterocycles. The fourth-order valence-corrected chi connectivity index (χ4v) is 6.04. The molecule has 8 aromatic rings. The van der Waals surface area contributed by atoms with Crippen molar-refractivity contribution in [3.8, 4) is 67.5 Å². The van der Waals surface area contributed by atoms with Crippen LogP contribution in [0.4, 0.5) is 8.78 Å². The van der Waals surface area contributed by atoms with Crippen molar-refractivity contribution in [3.05, 3.63) is 175 Å². The van der Waals surface area contributed by atoms with E-state index in [4.69, 9.17) is 9.97 Å². The average Bonchev–Trinajstić information content (AvgIpc) is 3.15. The molecule has 0 atom stereocenters. The summed E-state index contributed by atoms with van der Waals surface area (Å²) in [5, 5.41) is 2.44. The Hall–Kier alpha value is -6.33.